The summed E-state index contributed by atoms with van der Waals surface area (Å²) >= 11 is 0. The molecule has 1 aromatic carbocycles. The minimum Gasteiger partial charge on any atom is -0.494 e. The first-order chi connectivity index (χ1) is 13.0. The fourth-order valence-electron chi connectivity index (χ4n) is 2.91. The maximum Gasteiger partial charge on any atom is 0.297 e. The SMILES string of the molecule is CCOc1ccc(CCNC(=O)Cn2nc(C)c3c(C)onc3c2=O)cc1. The molecule has 3 rings (SSSR count). The van der Waals surface area contributed by atoms with Crippen LogP contribution in [0.3, 0.4) is 0 Å². The molecule has 0 bridgehead atoms. The number of hydrogen-bond donors (Lipinski definition) is 1. The van der Waals surface area contributed by atoms with Gasteiger partial charge in [0.05, 0.1) is 17.7 Å². The van der Waals surface area contributed by atoms with Crippen molar-refractivity contribution < 1.29 is 14.1 Å². The van der Waals surface area contributed by atoms with E-state index in [4.69, 9.17) is 9.26 Å². The van der Waals surface area contributed by atoms with Gasteiger partial charge >= 0.3 is 0 Å². The lowest BCUT2D eigenvalue weighted by Gasteiger charge is -2.08. The van der Waals surface area contributed by atoms with Gasteiger partial charge in [-0.15, -0.1) is 0 Å². The summed E-state index contributed by atoms with van der Waals surface area (Å²) in [6.07, 6.45) is 0.682. The van der Waals surface area contributed by atoms with Gasteiger partial charge in [-0.05, 0) is 44.9 Å². The Bertz CT molecular complexity index is 1000. The van der Waals surface area contributed by atoms with Crippen LogP contribution in [-0.4, -0.2) is 34.0 Å². The highest BCUT2D eigenvalue weighted by Crippen LogP contribution is 2.16. The topological polar surface area (TPSA) is 99.2 Å². The monoisotopic (exact) mass is 370 g/mol. The molecule has 0 fully saturated rings. The summed E-state index contributed by atoms with van der Waals surface area (Å²) in [5.41, 5.74) is 1.45. The molecule has 0 saturated carbocycles. The number of hydrogen-bond acceptors (Lipinski definition) is 6. The Hall–Kier alpha value is -3.16. The van der Waals surface area contributed by atoms with Crippen molar-refractivity contribution in [3.8, 4) is 5.75 Å². The number of aromatic nitrogens is 3. The van der Waals surface area contributed by atoms with Gasteiger partial charge in [0.25, 0.3) is 5.56 Å². The van der Waals surface area contributed by atoms with Crippen LogP contribution in [0.5, 0.6) is 5.75 Å². The third kappa shape index (κ3) is 4.16. The minimum atomic E-state index is -0.436. The number of nitrogens with one attached hydrogen (secondary N) is 1. The van der Waals surface area contributed by atoms with Crippen LogP contribution >= 0.6 is 0 Å². The number of rotatable bonds is 7. The van der Waals surface area contributed by atoms with E-state index in [1.807, 2.05) is 31.2 Å². The number of aryl methyl sites for hydroxylation is 2. The second-order valence-electron chi connectivity index (χ2n) is 6.19. The average Bonchev–Trinajstić information content (AvgIpc) is 3.04. The van der Waals surface area contributed by atoms with Crippen LogP contribution < -0.4 is 15.6 Å². The molecule has 0 unspecified atom stereocenters. The summed E-state index contributed by atoms with van der Waals surface area (Å²) in [4.78, 5) is 24.6. The van der Waals surface area contributed by atoms with Crippen LogP contribution in [0, 0.1) is 13.8 Å². The molecule has 0 aliphatic carbocycles. The molecule has 0 atom stereocenters. The van der Waals surface area contributed by atoms with Crippen molar-refractivity contribution in [1.82, 2.24) is 20.3 Å². The largest absolute Gasteiger partial charge is 0.494 e. The number of amides is 1. The first-order valence-electron chi connectivity index (χ1n) is 8.81. The molecule has 1 amide bonds. The van der Waals surface area contributed by atoms with Crippen LogP contribution in [0.15, 0.2) is 33.6 Å². The second-order valence-corrected chi connectivity index (χ2v) is 6.19. The second kappa shape index (κ2) is 8.03. The third-order valence-electron chi connectivity index (χ3n) is 4.20. The maximum atomic E-state index is 12.4. The Morgan fingerprint density at radius 3 is 2.70 bits per heavy atom. The molecule has 1 N–H and O–H groups in total. The van der Waals surface area contributed by atoms with Crippen LogP contribution in [0.2, 0.25) is 0 Å². The van der Waals surface area contributed by atoms with E-state index >= 15 is 0 Å². The number of carbonyl (C=O) groups excluding carboxylic acids is 1. The van der Waals surface area contributed by atoms with Gasteiger partial charge in [-0.1, -0.05) is 17.3 Å². The molecule has 0 aliphatic heterocycles. The smallest absolute Gasteiger partial charge is 0.297 e. The number of nitrogens with zero attached hydrogens (tertiary/aromatic N) is 3. The van der Waals surface area contributed by atoms with Gasteiger partial charge in [-0.2, -0.15) is 5.10 Å². The zero-order valence-electron chi connectivity index (χ0n) is 15.6. The van der Waals surface area contributed by atoms with Crippen molar-refractivity contribution in [2.45, 2.75) is 33.7 Å². The van der Waals surface area contributed by atoms with Gasteiger partial charge in [0.15, 0.2) is 5.52 Å². The van der Waals surface area contributed by atoms with Gasteiger partial charge in [0, 0.05) is 6.54 Å². The van der Waals surface area contributed by atoms with Crippen molar-refractivity contribution in [1.29, 1.82) is 0 Å². The minimum absolute atomic E-state index is 0.162. The molecule has 0 radical (unpaired) electrons. The Morgan fingerprint density at radius 2 is 2.00 bits per heavy atom. The Morgan fingerprint density at radius 1 is 1.26 bits per heavy atom. The van der Waals surface area contributed by atoms with Crippen molar-refractivity contribution in [3.05, 3.63) is 51.6 Å². The van der Waals surface area contributed by atoms with Gasteiger partial charge in [0.2, 0.25) is 5.91 Å². The van der Waals surface area contributed by atoms with Gasteiger partial charge in [-0.3, -0.25) is 9.59 Å². The Kier molecular flexibility index (Phi) is 5.54. The standard InChI is InChI=1S/C19H22N4O4/c1-4-26-15-7-5-14(6-8-15)9-10-20-16(24)11-23-19(25)18-17(12(2)21-23)13(3)27-22-18/h5-8H,4,9-11H2,1-3H3,(H,20,24). The van der Waals surface area contributed by atoms with Crippen molar-refractivity contribution >= 4 is 16.8 Å². The molecule has 2 aromatic heterocycles. The molecular formula is C19H22N4O4. The predicted molar refractivity (Wildman–Crippen MR) is 99.9 cm³/mol. The average molecular weight is 370 g/mol. The maximum absolute atomic E-state index is 12.4. The van der Waals surface area contributed by atoms with Crippen LogP contribution in [0.1, 0.15) is 23.9 Å². The molecule has 8 heteroatoms. The fraction of sp³-hybridized carbons (Fsp3) is 0.368. The van der Waals surface area contributed by atoms with Gasteiger partial charge in [0.1, 0.15) is 18.1 Å². The quantitative estimate of drug-likeness (QED) is 0.680. The van der Waals surface area contributed by atoms with Gasteiger partial charge in [-0.25, -0.2) is 4.68 Å². The van der Waals surface area contributed by atoms with Crippen LogP contribution in [-0.2, 0) is 17.8 Å². The molecule has 3 aromatic rings. The summed E-state index contributed by atoms with van der Waals surface area (Å²) in [6, 6.07) is 7.74. The molecular weight excluding hydrogens is 348 g/mol. The molecule has 2 heterocycles. The highest BCUT2D eigenvalue weighted by molar-refractivity contribution is 5.82. The molecule has 142 valence electrons. The fourth-order valence-corrected chi connectivity index (χ4v) is 2.91. The normalized spacial score (nSPS) is 10.9. The summed E-state index contributed by atoms with van der Waals surface area (Å²) in [5, 5.41) is 11.4. The van der Waals surface area contributed by atoms with E-state index < -0.39 is 5.56 Å². The first kappa shape index (κ1) is 18.6. The summed E-state index contributed by atoms with van der Waals surface area (Å²) < 4.78 is 11.6. The highest BCUT2D eigenvalue weighted by atomic mass is 16.5. The van der Waals surface area contributed by atoms with Crippen molar-refractivity contribution in [3.63, 3.8) is 0 Å². The van der Waals surface area contributed by atoms with E-state index in [0.717, 1.165) is 16.0 Å². The third-order valence-corrected chi connectivity index (χ3v) is 4.20. The van der Waals surface area contributed by atoms with Gasteiger partial charge < -0.3 is 14.6 Å². The van der Waals surface area contributed by atoms with Crippen LogP contribution in [0.4, 0.5) is 0 Å². The summed E-state index contributed by atoms with van der Waals surface area (Å²) in [5.74, 6) is 1.08. The van der Waals surface area contributed by atoms with E-state index in [0.29, 0.717) is 36.4 Å². The van der Waals surface area contributed by atoms with Crippen molar-refractivity contribution in [2.75, 3.05) is 13.2 Å². The lowest BCUT2D eigenvalue weighted by atomic mass is 10.1. The van der Waals surface area contributed by atoms with E-state index in [1.165, 1.54) is 0 Å². The number of carbonyl (C=O) groups is 1. The lowest BCUT2D eigenvalue weighted by Crippen LogP contribution is -2.35. The lowest BCUT2D eigenvalue weighted by molar-refractivity contribution is -0.121. The van der Waals surface area contributed by atoms with E-state index in [-0.39, 0.29) is 18.0 Å². The Labute approximate surface area is 156 Å². The number of fused-ring (bicyclic) bond motifs is 1. The molecule has 27 heavy (non-hydrogen) atoms. The highest BCUT2D eigenvalue weighted by Gasteiger charge is 2.16. The number of benzene rings is 1. The van der Waals surface area contributed by atoms with E-state index in [9.17, 15) is 9.59 Å². The predicted octanol–water partition coefficient (Wildman–Crippen LogP) is 1.76. The first-order valence-corrected chi connectivity index (χ1v) is 8.81. The van der Waals surface area contributed by atoms with Crippen molar-refractivity contribution in [2.24, 2.45) is 0 Å². The Balaban J connectivity index is 1.59. The molecule has 0 aliphatic rings. The zero-order chi connectivity index (χ0) is 19.4. The summed E-state index contributed by atoms with van der Waals surface area (Å²) in [6.45, 7) is 6.35. The molecule has 8 nitrogen and oxygen atoms in total. The summed E-state index contributed by atoms with van der Waals surface area (Å²) in [7, 11) is 0. The van der Waals surface area contributed by atoms with Crippen LogP contribution in [0.25, 0.3) is 10.9 Å². The molecule has 0 spiro atoms. The van der Waals surface area contributed by atoms with E-state index in [2.05, 4.69) is 15.6 Å². The molecule has 0 saturated heterocycles. The number of ether oxygens (including phenoxy) is 1. The zero-order valence-corrected chi connectivity index (χ0v) is 15.6. The van der Waals surface area contributed by atoms with E-state index in [1.54, 1.807) is 13.8 Å².